The first-order chi connectivity index (χ1) is 16.2. The van der Waals surface area contributed by atoms with Gasteiger partial charge in [-0.25, -0.2) is 4.99 Å². The molecule has 7 heteroatoms. The molecule has 0 aliphatic heterocycles. The fourth-order valence-electron chi connectivity index (χ4n) is 3.52. The van der Waals surface area contributed by atoms with E-state index in [9.17, 15) is 0 Å². The Balaban J connectivity index is 0.00000129. The molecule has 3 aromatic rings. The van der Waals surface area contributed by atoms with Gasteiger partial charge in [-0.05, 0) is 73.9 Å². The third-order valence-electron chi connectivity index (χ3n) is 5.17. The van der Waals surface area contributed by atoms with Crippen molar-refractivity contribution in [2.75, 3.05) is 0 Å². The second kappa shape index (κ2) is 14.8. The van der Waals surface area contributed by atoms with Crippen LogP contribution in [0.15, 0.2) is 85.7 Å². The molecular weight excluding hydrogens is 731 g/mol. The molecule has 0 spiro atoms. The maximum absolute atomic E-state index is 5.19. The zero-order valence-electron chi connectivity index (χ0n) is 19.7. The van der Waals surface area contributed by atoms with Gasteiger partial charge in [0.1, 0.15) is 0 Å². The van der Waals surface area contributed by atoms with Crippen molar-refractivity contribution in [1.82, 2.24) is 0 Å². The molecule has 3 aromatic carbocycles. The molecule has 0 aliphatic rings. The van der Waals surface area contributed by atoms with Gasteiger partial charge in [0, 0.05) is 14.5 Å². The predicted molar refractivity (Wildman–Crippen MR) is 160 cm³/mol. The van der Waals surface area contributed by atoms with Gasteiger partial charge >= 0.3 is 39.3 Å². The van der Waals surface area contributed by atoms with Gasteiger partial charge in [0.2, 0.25) is 0 Å². The summed E-state index contributed by atoms with van der Waals surface area (Å²) in [6, 6.07) is 22.8. The van der Waals surface area contributed by atoms with Gasteiger partial charge < -0.3 is 0 Å². The maximum atomic E-state index is 5.19. The van der Waals surface area contributed by atoms with Crippen LogP contribution in [0.5, 0.6) is 0 Å². The van der Waals surface area contributed by atoms with Crippen molar-refractivity contribution in [3.63, 3.8) is 0 Å². The van der Waals surface area contributed by atoms with Crippen LogP contribution < -0.4 is 0 Å². The molecule has 3 rings (SSSR count). The van der Waals surface area contributed by atoms with Crippen molar-refractivity contribution in [2.24, 2.45) is 9.98 Å². The fraction of sp³-hybridized carbons (Fsp3) is 0.259. The van der Waals surface area contributed by atoms with Crippen LogP contribution >= 0.6 is 60.3 Å². The SMILES string of the molecule is CC(=Nc1c(C(C)C)cccc1C(C)C)C(=Nc1c(Br)cccc1Br)c1ccccc1.[Br][Ni][Br]. The molecular formula is C27H28Br4N2Ni. The average Bonchev–Trinajstić information content (AvgIpc) is 2.79. The van der Waals surface area contributed by atoms with Crippen LogP contribution in [-0.4, -0.2) is 11.4 Å². The van der Waals surface area contributed by atoms with Gasteiger partial charge in [0.05, 0.1) is 22.8 Å². The van der Waals surface area contributed by atoms with Crippen LogP contribution in [-0.2, 0) is 10.9 Å². The zero-order valence-corrected chi connectivity index (χ0v) is 27.1. The standard InChI is InChI=1S/C27H28Br2N2.2BrH.Ni/c1-17(2)21-13-9-14-22(18(3)4)26(21)30-19(5)25(20-11-7-6-8-12-20)31-27-23(28)15-10-16-24(27)29;;;/h6-18H,1-5H3;2*1H;/q;;;+2/p-2. The number of benzene rings is 3. The summed E-state index contributed by atoms with van der Waals surface area (Å²) in [4.78, 5) is 10.3. The van der Waals surface area contributed by atoms with Crippen molar-refractivity contribution in [2.45, 2.75) is 46.5 Å². The van der Waals surface area contributed by atoms with Gasteiger partial charge in [-0.15, -0.1) is 0 Å². The van der Waals surface area contributed by atoms with Crippen LogP contribution in [0, 0.1) is 0 Å². The molecule has 0 radical (unpaired) electrons. The number of rotatable bonds is 6. The molecule has 0 heterocycles. The van der Waals surface area contributed by atoms with E-state index >= 15 is 0 Å². The minimum atomic E-state index is 0.389. The quantitative estimate of drug-likeness (QED) is 0.177. The molecule has 184 valence electrons. The van der Waals surface area contributed by atoms with Crippen LogP contribution in [0.25, 0.3) is 0 Å². The Bertz CT molecular complexity index is 1100. The summed E-state index contributed by atoms with van der Waals surface area (Å²) in [6.07, 6.45) is 0. The summed E-state index contributed by atoms with van der Waals surface area (Å²) in [5, 5.41) is 0. The Labute approximate surface area is 240 Å². The number of para-hydroxylation sites is 2. The van der Waals surface area contributed by atoms with Crippen molar-refractivity contribution in [3.05, 3.63) is 92.4 Å². The number of hydrogen-bond donors (Lipinski definition) is 0. The number of nitrogens with zero attached hydrogens (tertiary/aromatic N) is 2. The van der Waals surface area contributed by atoms with Crippen LogP contribution in [0.1, 0.15) is 63.1 Å². The Hall–Kier alpha value is -0.586. The number of hydrogen-bond acceptors (Lipinski definition) is 2. The molecule has 34 heavy (non-hydrogen) atoms. The topological polar surface area (TPSA) is 24.7 Å². The minimum absolute atomic E-state index is 0.389. The molecule has 2 nitrogen and oxygen atoms in total. The summed E-state index contributed by atoms with van der Waals surface area (Å²) < 4.78 is 1.88. The van der Waals surface area contributed by atoms with E-state index < -0.39 is 0 Å². The first-order valence-corrected chi connectivity index (χ1v) is 17.3. The molecule has 0 amide bonds. The van der Waals surface area contributed by atoms with E-state index in [4.69, 9.17) is 9.98 Å². The van der Waals surface area contributed by atoms with Crippen LogP contribution in [0.2, 0.25) is 0 Å². The van der Waals surface area contributed by atoms with E-state index in [-0.39, 0.29) is 0 Å². The van der Waals surface area contributed by atoms with E-state index in [0.29, 0.717) is 11.8 Å². The number of halogens is 4. The summed E-state index contributed by atoms with van der Waals surface area (Å²) in [6.45, 7) is 10.9. The molecule has 0 unspecified atom stereocenters. The fourth-order valence-corrected chi connectivity index (χ4v) is 4.70. The summed E-state index contributed by atoms with van der Waals surface area (Å²) in [7, 11) is 1.25. The van der Waals surface area contributed by atoms with Gasteiger partial charge in [0.25, 0.3) is 0 Å². The van der Waals surface area contributed by atoms with E-state index in [1.165, 1.54) is 22.0 Å². The van der Waals surface area contributed by atoms with Gasteiger partial charge in [-0.2, -0.15) is 0 Å². The molecule has 0 aliphatic carbocycles. The molecule has 0 bridgehead atoms. The third-order valence-corrected chi connectivity index (χ3v) is 6.45. The van der Waals surface area contributed by atoms with E-state index in [2.05, 4.69) is 125 Å². The summed E-state index contributed by atoms with van der Waals surface area (Å²) in [5.74, 6) is 0.777. The monoisotopic (exact) mass is 754 g/mol. The Morgan fingerprint density at radius 2 is 1.15 bits per heavy atom. The molecule has 0 saturated carbocycles. The van der Waals surface area contributed by atoms with E-state index in [1.54, 1.807) is 0 Å². The second-order valence-corrected chi connectivity index (χ2v) is 14.9. The molecule has 0 atom stereocenters. The van der Waals surface area contributed by atoms with Crippen molar-refractivity contribution >= 4 is 83.1 Å². The summed E-state index contributed by atoms with van der Waals surface area (Å²) >= 11 is 13.3. The average molecular weight is 759 g/mol. The van der Waals surface area contributed by atoms with Crippen LogP contribution in [0.4, 0.5) is 11.4 Å². The first-order valence-electron chi connectivity index (χ1n) is 10.8. The molecule has 0 saturated heterocycles. The Kier molecular flexibility index (Phi) is 12.9. The molecule has 0 fully saturated rings. The van der Waals surface area contributed by atoms with Gasteiger partial charge in [0.15, 0.2) is 0 Å². The van der Waals surface area contributed by atoms with E-state index in [0.717, 1.165) is 37.3 Å². The van der Waals surface area contributed by atoms with Crippen molar-refractivity contribution < 1.29 is 10.9 Å². The predicted octanol–water partition coefficient (Wildman–Crippen LogP) is 11.1. The zero-order chi connectivity index (χ0) is 25.3. The van der Waals surface area contributed by atoms with Crippen LogP contribution in [0.3, 0.4) is 0 Å². The number of aliphatic imine (C=N–C) groups is 2. The third kappa shape index (κ3) is 8.23. The molecule has 0 N–H and O–H groups in total. The van der Waals surface area contributed by atoms with Gasteiger partial charge in [-0.1, -0.05) is 82.3 Å². The Morgan fingerprint density at radius 3 is 1.62 bits per heavy atom. The first kappa shape index (κ1) is 29.6. The normalized spacial score (nSPS) is 12.2. The van der Waals surface area contributed by atoms with Gasteiger partial charge in [-0.3, -0.25) is 4.99 Å². The summed E-state index contributed by atoms with van der Waals surface area (Å²) in [5.41, 5.74) is 7.25. The van der Waals surface area contributed by atoms with Crippen molar-refractivity contribution in [1.29, 1.82) is 0 Å². The van der Waals surface area contributed by atoms with Crippen molar-refractivity contribution in [3.8, 4) is 0 Å². The second-order valence-electron chi connectivity index (χ2n) is 8.23. The molecule has 0 aromatic heterocycles. The van der Waals surface area contributed by atoms with E-state index in [1.807, 2.05) is 36.4 Å². The Morgan fingerprint density at radius 1 is 0.676 bits per heavy atom.